The molecule has 0 amide bonds. The standard InChI is InChI=1S/C16H25N3O4S/c1-22-16-12-14(2-3-15(16)17)13-4-6-18(7-5-13)24(20,21)19-8-10-23-11-9-19/h2-3,12-13H,4-11,17H2,1H3. The largest absolute Gasteiger partial charge is 0.495 e. The lowest BCUT2D eigenvalue weighted by Crippen LogP contribution is -2.50. The number of ether oxygens (including phenoxy) is 2. The van der Waals surface area contributed by atoms with Crippen molar-refractivity contribution in [3.05, 3.63) is 23.8 Å². The summed E-state index contributed by atoms with van der Waals surface area (Å²) in [5.41, 5.74) is 7.64. The molecule has 0 aromatic heterocycles. The third-order valence-electron chi connectivity index (χ3n) is 4.81. The van der Waals surface area contributed by atoms with Gasteiger partial charge in [-0.1, -0.05) is 6.07 Å². The first-order chi connectivity index (χ1) is 11.5. The molecule has 3 rings (SSSR count). The molecule has 0 aliphatic carbocycles. The van der Waals surface area contributed by atoms with Crippen molar-refractivity contribution in [3.63, 3.8) is 0 Å². The lowest BCUT2D eigenvalue weighted by molar-refractivity contribution is 0.0696. The van der Waals surface area contributed by atoms with Crippen LogP contribution < -0.4 is 10.5 Å². The van der Waals surface area contributed by atoms with Gasteiger partial charge in [-0.2, -0.15) is 17.0 Å². The number of anilines is 1. The molecule has 2 aliphatic heterocycles. The molecule has 0 bridgehead atoms. The van der Waals surface area contributed by atoms with Crippen molar-refractivity contribution in [2.24, 2.45) is 0 Å². The molecule has 2 saturated heterocycles. The first-order valence-corrected chi connectivity index (χ1v) is 9.68. The molecule has 2 fully saturated rings. The Morgan fingerprint density at radius 3 is 2.38 bits per heavy atom. The number of piperidine rings is 1. The summed E-state index contributed by atoms with van der Waals surface area (Å²) in [5.74, 6) is 1.01. The smallest absolute Gasteiger partial charge is 0.282 e. The maximum absolute atomic E-state index is 12.7. The van der Waals surface area contributed by atoms with E-state index in [0.29, 0.717) is 56.7 Å². The molecular weight excluding hydrogens is 330 g/mol. The van der Waals surface area contributed by atoms with Crippen molar-refractivity contribution in [3.8, 4) is 5.75 Å². The Balaban J connectivity index is 1.65. The van der Waals surface area contributed by atoms with E-state index in [1.807, 2.05) is 18.2 Å². The minimum absolute atomic E-state index is 0.329. The van der Waals surface area contributed by atoms with E-state index in [1.165, 1.54) is 4.31 Å². The SMILES string of the molecule is COc1cc(C2CCN(S(=O)(=O)N3CCOCC3)CC2)ccc1N. The van der Waals surface area contributed by atoms with Crippen LogP contribution in [0.3, 0.4) is 0 Å². The predicted molar refractivity (Wildman–Crippen MR) is 92.3 cm³/mol. The number of hydrogen-bond donors (Lipinski definition) is 1. The van der Waals surface area contributed by atoms with Crippen LogP contribution in [0, 0.1) is 0 Å². The van der Waals surface area contributed by atoms with Crippen LogP contribution in [-0.4, -0.2) is 63.5 Å². The van der Waals surface area contributed by atoms with Crippen LogP contribution in [0.25, 0.3) is 0 Å². The zero-order valence-electron chi connectivity index (χ0n) is 14.0. The van der Waals surface area contributed by atoms with Crippen molar-refractivity contribution in [1.29, 1.82) is 0 Å². The fourth-order valence-corrected chi connectivity index (χ4v) is 4.95. The Hall–Kier alpha value is -1.35. The summed E-state index contributed by atoms with van der Waals surface area (Å²) in [6.45, 7) is 2.91. The lowest BCUT2D eigenvalue weighted by atomic mass is 9.90. The zero-order chi connectivity index (χ0) is 17.2. The first kappa shape index (κ1) is 17.5. The average molecular weight is 355 g/mol. The number of nitrogens with zero attached hydrogens (tertiary/aromatic N) is 2. The molecule has 134 valence electrons. The molecule has 0 atom stereocenters. The predicted octanol–water partition coefficient (Wildman–Crippen LogP) is 1.03. The summed E-state index contributed by atoms with van der Waals surface area (Å²) in [6.07, 6.45) is 1.60. The van der Waals surface area contributed by atoms with Gasteiger partial charge in [0, 0.05) is 26.2 Å². The number of benzene rings is 1. The van der Waals surface area contributed by atoms with Crippen molar-refractivity contribution < 1.29 is 17.9 Å². The number of methoxy groups -OCH3 is 1. The van der Waals surface area contributed by atoms with E-state index in [1.54, 1.807) is 11.4 Å². The molecule has 2 aliphatic rings. The highest BCUT2D eigenvalue weighted by atomic mass is 32.2. The third kappa shape index (κ3) is 3.51. The molecule has 7 nitrogen and oxygen atoms in total. The quantitative estimate of drug-likeness (QED) is 0.816. The van der Waals surface area contributed by atoms with Crippen molar-refractivity contribution in [1.82, 2.24) is 8.61 Å². The van der Waals surface area contributed by atoms with Gasteiger partial charge in [0.25, 0.3) is 10.2 Å². The molecular formula is C16H25N3O4S. The van der Waals surface area contributed by atoms with Gasteiger partial charge in [-0.3, -0.25) is 0 Å². The maximum Gasteiger partial charge on any atom is 0.282 e. The van der Waals surface area contributed by atoms with Crippen LogP contribution in [-0.2, 0) is 14.9 Å². The van der Waals surface area contributed by atoms with Crippen molar-refractivity contribution in [2.75, 3.05) is 52.2 Å². The van der Waals surface area contributed by atoms with Gasteiger partial charge in [0.05, 0.1) is 26.0 Å². The van der Waals surface area contributed by atoms with Crippen LogP contribution in [0.15, 0.2) is 18.2 Å². The summed E-state index contributed by atoms with van der Waals surface area (Å²) in [4.78, 5) is 0. The van der Waals surface area contributed by atoms with Crippen molar-refractivity contribution >= 4 is 15.9 Å². The molecule has 8 heteroatoms. The van der Waals surface area contributed by atoms with Gasteiger partial charge in [0.15, 0.2) is 0 Å². The van der Waals surface area contributed by atoms with E-state index in [4.69, 9.17) is 15.2 Å². The second kappa shape index (κ2) is 7.26. The van der Waals surface area contributed by atoms with Crippen LogP contribution in [0.2, 0.25) is 0 Å². The van der Waals surface area contributed by atoms with Crippen LogP contribution >= 0.6 is 0 Å². The normalized spacial score (nSPS) is 21.7. The molecule has 1 aromatic rings. The summed E-state index contributed by atoms with van der Waals surface area (Å²) < 4.78 is 39.0. The second-order valence-electron chi connectivity index (χ2n) is 6.19. The number of rotatable bonds is 4. The third-order valence-corrected chi connectivity index (χ3v) is 6.84. The molecule has 2 N–H and O–H groups in total. The Labute approximate surface area is 143 Å². The van der Waals surface area contributed by atoms with Gasteiger partial charge in [-0.05, 0) is 36.5 Å². The highest BCUT2D eigenvalue weighted by Crippen LogP contribution is 2.33. The van der Waals surface area contributed by atoms with E-state index >= 15 is 0 Å². The molecule has 0 spiro atoms. The highest BCUT2D eigenvalue weighted by Gasteiger charge is 2.34. The van der Waals surface area contributed by atoms with E-state index in [-0.39, 0.29) is 0 Å². The molecule has 2 heterocycles. The Morgan fingerprint density at radius 2 is 1.75 bits per heavy atom. The topological polar surface area (TPSA) is 85.1 Å². The zero-order valence-corrected chi connectivity index (χ0v) is 14.8. The Morgan fingerprint density at radius 1 is 1.12 bits per heavy atom. The van der Waals surface area contributed by atoms with E-state index < -0.39 is 10.2 Å². The molecule has 0 radical (unpaired) electrons. The number of nitrogen functional groups attached to an aromatic ring is 1. The average Bonchev–Trinajstić information content (AvgIpc) is 2.63. The summed E-state index contributed by atoms with van der Waals surface area (Å²) in [5, 5.41) is 0. The second-order valence-corrected chi connectivity index (χ2v) is 8.12. The van der Waals surface area contributed by atoms with Crippen LogP contribution in [0.4, 0.5) is 5.69 Å². The molecule has 1 aromatic carbocycles. The van der Waals surface area contributed by atoms with Gasteiger partial charge in [0.2, 0.25) is 0 Å². The molecule has 24 heavy (non-hydrogen) atoms. The summed E-state index contributed by atoms with van der Waals surface area (Å²) in [6, 6.07) is 5.83. The van der Waals surface area contributed by atoms with Crippen molar-refractivity contribution in [2.45, 2.75) is 18.8 Å². The fourth-order valence-electron chi connectivity index (χ4n) is 3.34. The van der Waals surface area contributed by atoms with Crippen LogP contribution in [0.5, 0.6) is 5.75 Å². The highest BCUT2D eigenvalue weighted by molar-refractivity contribution is 7.86. The first-order valence-electron chi connectivity index (χ1n) is 8.28. The minimum Gasteiger partial charge on any atom is -0.495 e. The van der Waals surface area contributed by atoms with E-state index in [0.717, 1.165) is 18.4 Å². The van der Waals surface area contributed by atoms with Gasteiger partial charge in [0.1, 0.15) is 5.75 Å². The van der Waals surface area contributed by atoms with Gasteiger partial charge in [-0.25, -0.2) is 0 Å². The summed E-state index contributed by atoms with van der Waals surface area (Å²) in [7, 11) is -1.76. The Bertz CT molecular complexity index is 666. The number of morpholine rings is 1. The van der Waals surface area contributed by atoms with Crippen LogP contribution in [0.1, 0.15) is 24.3 Å². The molecule has 0 saturated carbocycles. The number of nitrogens with two attached hydrogens (primary N) is 1. The van der Waals surface area contributed by atoms with E-state index in [2.05, 4.69) is 0 Å². The van der Waals surface area contributed by atoms with Gasteiger partial charge in [-0.15, -0.1) is 0 Å². The summed E-state index contributed by atoms with van der Waals surface area (Å²) >= 11 is 0. The Kier molecular flexibility index (Phi) is 5.29. The van der Waals surface area contributed by atoms with E-state index in [9.17, 15) is 8.42 Å². The van der Waals surface area contributed by atoms with Gasteiger partial charge < -0.3 is 15.2 Å². The molecule has 0 unspecified atom stereocenters. The van der Waals surface area contributed by atoms with Gasteiger partial charge >= 0.3 is 0 Å². The number of hydrogen-bond acceptors (Lipinski definition) is 5. The fraction of sp³-hybridized carbons (Fsp3) is 0.625. The monoisotopic (exact) mass is 355 g/mol. The minimum atomic E-state index is -3.37. The maximum atomic E-state index is 12.7. The lowest BCUT2D eigenvalue weighted by Gasteiger charge is -2.36.